The van der Waals surface area contributed by atoms with Crippen LogP contribution in [0.25, 0.3) is 0 Å². The molecule has 160 valence electrons. The van der Waals surface area contributed by atoms with Crippen molar-refractivity contribution < 1.29 is 20.0 Å². The van der Waals surface area contributed by atoms with Crippen molar-refractivity contribution >= 4 is 23.2 Å². The van der Waals surface area contributed by atoms with E-state index in [-0.39, 0.29) is 29.3 Å². The van der Waals surface area contributed by atoms with Crippen LogP contribution in [-0.2, 0) is 16.0 Å². The Kier molecular flexibility index (Phi) is 4.14. The largest absolute Gasteiger partial charge is 0.595 e. The summed E-state index contributed by atoms with van der Waals surface area (Å²) in [4.78, 5) is 28.7. The first kappa shape index (κ1) is 19.4. The third-order valence-corrected chi connectivity index (χ3v) is 7.36. The Bertz CT molecular complexity index is 1280. The molecule has 0 spiro atoms. The average Bonchev–Trinajstić information content (AvgIpc) is 3.09. The van der Waals surface area contributed by atoms with Crippen LogP contribution in [-0.4, -0.2) is 17.0 Å². The van der Waals surface area contributed by atoms with Gasteiger partial charge in [-0.2, -0.15) is 5.23 Å². The van der Waals surface area contributed by atoms with Crippen LogP contribution in [0.2, 0.25) is 0 Å². The molecule has 5 atom stereocenters. The molecule has 0 radical (unpaired) electrons. The molecule has 0 saturated carbocycles. The first-order valence-electron chi connectivity index (χ1n) is 10.9. The molecule has 1 fully saturated rings. The monoisotopic (exact) mass is 426 g/mol. The van der Waals surface area contributed by atoms with Crippen molar-refractivity contribution in [1.82, 2.24) is 0 Å². The van der Waals surface area contributed by atoms with Crippen LogP contribution in [0.3, 0.4) is 0 Å². The lowest BCUT2D eigenvalue weighted by molar-refractivity contribution is -0.991. The Labute approximate surface area is 185 Å². The molecule has 3 aromatic carbocycles. The Hall–Kier alpha value is -3.32. The van der Waals surface area contributed by atoms with E-state index < -0.39 is 17.1 Å². The van der Waals surface area contributed by atoms with Gasteiger partial charge in [0.25, 0.3) is 0 Å². The summed E-state index contributed by atoms with van der Waals surface area (Å²) in [5, 5.41) is 19.8. The SMILES string of the molecule is CCc1ccc2c(c1)[C@H]1c3ccccc3[C@H]2[C@@H]2C(=O)N(c3cccc([NH+]([O-])O)c3)C(=O)[C@H]12. The minimum absolute atomic E-state index is 0.0557. The van der Waals surface area contributed by atoms with E-state index in [0.29, 0.717) is 5.69 Å². The van der Waals surface area contributed by atoms with Crippen molar-refractivity contribution in [1.29, 1.82) is 0 Å². The van der Waals surface area contributed by atoms with Gasteiger partial charge in [-0.1, -0.05) is 55.5 Å². The van der Waals surface area contributed by atoms with Crippen molar-refractivity contribution in [3.05, 3.63) is 99.8 Å². The van der Waals surface area contributed by atoms with Gasteiger partial charge in [0.2, 0.25) is 11.8 Å². The molecule has 32 heavy (non-hydrogen) atoms. The summed E-state index contributed by atoms with van der Waals surface area (Å²) < 4.78 is 0. The zero-order valence-corrected chi connectivity index (χ0v) is 17.5. The van der Waals surface area contributed by atoms with Crippen molar-refractivity contribution in [2.75, 3.05) is 4.90 Å². The number of aryl methyl sites for hydroxylation is 1. The highest BCUT2D eigenvalue weighted by Gasteiger charge is 2.61. The van der Waals surface area contributed by atoms with Gasteiger partial charge in [0, 0.05) is 24.0 Å². The number of carbonyl (C=O) groups excluding carboxylic acids is 2. The Morgan fingerprint density at radius 2 is 1.47 bits per heavy atom. The molecule has 3 aliphatic carbocycles. The predicted molar refractivity (Wildman–Crippen MR) is 118 cm³/mol. The fraction of sp³-hybridized carbons (Fsp3) is 0.231. The number of hydrogen-bond acceptors (Lipinski definition) is 4. The van der Waals surface area contributed by atoms with Crippen LogP contribution in [0.5, 0.6) is 0 Å². The zero-order valence-electron chi connectivity index (χ0n) is 17.5. The lowest BCUT2D eigenvalue weighted by Crippen LogP contribution is -2.99. The first-order valence-corrected chi connectivity index (χ1v) is 10.9. The summed E-state index contributed by atoms with van der Waals surface area (Å²) in [6, 6.07) is 20.7. The van der Waals surface area contributed by atoms with E-state index >= 15 is 0 Å². The molecule has 1 unspecified atom stereocenters. The smallest absolute Gasteiger partial charge is 0.238 e. The topological polar surface area (TPSA) is 85.1 Å². The number of nitrogens with one attached hydrogen (secondary N) is 1. The number of amides is 2. The summed E-state index contributed by atoms with van der Waals surface area (Å²) in [5.41, 5.74) is 6.13. The molecule has 6 heteroatoms. The number of quaternary nitrogens is 1. The minimum atomic E-state index is -1.09. The van der Waals surface area contributed by atoms with E-state index in [1.165, 1.54) is 22.6 Å². The molecule has 3 aromatic rings. The molecule has 2 amide bonds. The quantitative estimate of drug-likeness (QED) is 0.498. The second kappa shape index (κ2) is 6.84. The Morgan fingerprint density at radius 1 is 0.844 bits per heavy atom. The molecule has 7 rings (SSSR count). The number of hydrogen-bond donors (Lipinski definition) is 2. The molecule has 2 bridgehead atoms. The van der Waals surface area contributed by atoms with Crippen molar-refractivity contribution in [3.63, 3.8) is 0 Å². The molecule has 1 heterocycles. The summed E-state index contributed by atoms with van der Waals surface area (Å²) in [7, 11) is 0. The van der Waals surface area contributed by atoms with Gasteiger partial charge in [-0.3, -0.25) is 9.59 Å². The summed E-state index contributed by atoms with van der Waals surface area (Å²) in [6.45, 7) is 2.11. The fourth-order valence-electron chi connectivity index (χ4n) is 6.03. The van der Waals surface area contributed by atoms with Gasteiger partial charge in [-0.25, -0.2) is 10.1 Å². The van der Waals surface area contributed by atoms with E-state index in [2.05, 4.69) is 37.3 Å². The van der Waals surface area contributed by atoms with E-state index in [1.54, 1.807) is 12.1 Å². The standard InChI is InChI=1S/C26H22N2O4/c1-2-14-10-11-19-20(12-14)22-18-9-4-3-8-17(18)21(19)23-24(22)26(30)27(25(23)29)15-6-5-7-16(13-15)28(31)32/h3-13,21-24,28,31H,2H2,1H3/t21-,22-,23+,24-/m1/s1. The van der Waals surface area contributed by atoms with Gasteiger partial charge >= 0.3 is 0 Å². The number of nitrogens with zero attached hydrogens (tertiary/aromatic N) is 1. The molecule has 2 N–H and O–H groups in total. The maximum absolute atomic E-state index is 13.8. The molecular weight excluding hydrogens is 404 g/mol. The van der Waals surface area contributed by atoms with Crippen LogP contribution in [0.1, 0.15) is 46.6 Å². The molecule has 1 aliphatic heterocycles. The number of rotatable bonds is 3. The Morgan fingerprint density at radius 3 is 2.09 bits per heavy atom. The Balaban J connectivity index is 1.53. The van der Waals surface area contributed by atoms with Gasteiger partial charge in [0.05, 0.1) is 17.5 Å². The van der Waals surface area contributed by atoms with Crippen LogP contribution in [0, 0.1) is 17.0 Å². The summed E-state index contributed by atoms with van der Waals surface area (Å²) >= 11 is 0. The highest BCUT2D eigenvalue weighted by molar-refractivity contribution is 6.23. The lowest BCUT2D eigenvalue weighted by Gasteiger charge is -2.46. The van der Waals surface area contributed by atoms with Crippen LogP contribution >= 0.6 is 0 Å². The predicted octanol–water partition coefficient (Wildman–Crippen LogP) is 3.05. The number of imide groups is 1. The number of benzene rings is 3. The van der Waals surface area contributed by atoms with Crippen LogP contribution in [0.15, 0.2) is 66.7 Å². The van der Waals surface area contributed by atoms with Gasteiger partial charge in [0.1, 0.15) is 0 Å². The summed E-state index contributed by atoms with van der Waals surface area (Å²) in [5.74, 6) is -1.78. The van der Waals surface area contributed by atoms with Gasteiger partial charge in [0.15, 0.2) is 5.69 Å². The van der Waals surface area contributed by atoms with Gasteiger partial charge < -0.3 is 5.21 Å². The normalized spacial score (nSPS) is 26.0. The van der Waals surface area contributed by atoms with Crippen molar-refractivity contribution in [2.45, 2.75) is 25.2 Å². The maximum atomic E-state index is 13.8. The second-order valence-electron chi connectivity index (χ2n) is 8.82. The maximum Gasteiger partial charge on any atom is 0.238 e. The lowest BCUT2D eigenvalue weighted by atomic mass is 9.55. The van der Waals surface area contributed by atoms with Crippen LogP contribution in [0.4, 0.5) is 11.4 Å². The van der Waals surface area contributed by atoms with E-state index in [9.17, 15) is 20.0 Å². The minimum Gasteiger partial charge on any atom is -0.595 e. The highest BCUT2D eigenvalue weighted by Crippen LogP contribution is 2.61. The van der Waals surface area contributed by atoms with Crippen LogP contribution < -0.4 is 10.1 Å². The zero-order chi connectivity index (χ0) is 22.1. The highest BCUT2D eigenvalue weighted by atomic mass is 16.8. The summed E-state index contributed by atoms with van der Waals surface area (Å²) in [6.07, 6.45) is 0.904. The first-order chi connectivity index (χ1) is 15.5. The van der Waals surface area contributed by atoms with E-state index in [0.717, 1.165) is 28.7 Å². The number of anilines is 1. The van der Waals surface area contributed by atoms with Crippen molar-refractivity contribution in [3.8, 4) is 0 Å². The molecule has 6 nitrogen and oxygen atoms in total. The molecule has 1 saturated heterocycles. The van der Waals surface area contributed by atoms with E-state index in [4.69, 9.17) is 0 Å². The van der Waals surface area contributed by atoms with Gasteiger partial charge in [-0.15, -0.1) is 0 Å². The number of carbonyl (C=O) groups is 2. The fourth-order valence-corrected chi connectivity index (χ4v) is 6.03. The van der Waals surface area contributed by atoms with E-state index in [1.807, 2.05) is 12.1 Å². The van der Waals surface area contributed by atoms with Gasteiger partial charge in [-0.05, 0) is 40.3 Å². The van der Waals surface area contributed by atoms with Crippen molar-refractivity contribution in [2.24, 2.45) is 11.8 Å². The third kappa shape index (κ3) is 2.45. The molecule has 4 aliphatic rings. The average molecular weight is 426 g/mol. The second-order valence-corrected chi connectivity index (χ2v) is 8.82. The third-order valence-electron chi connectivity index (χ3n) is 7.36. The molecular formula is C26H22N2O4. The molecule has 0 aromatic heterocycles.